The number of hydrogen-bond acceptors (Lipinski definition) is 3. The second-order valence-corrected chi connectivity index (χ2v) is 4.22. The van der Waals surface area contributed by atoms with Crippen LogP contribution in [0, 0.1) is 0 Å². The first-order valence-corrected chi connectivity index (χ1v) is 5.43. The molecule has 0 unspecified atom stereocenters. The topological polar surface area (TPSA) is 55.6 Å². The molecule has 1 fully saturated rings. The molecule has 5 heteroatoms. The molecule has 4 nitrogen and oxygen atoms in total. The Balaban J connectivity index is 2.13. The number of nitrogen functional groups attached to an aromatic ring is 1. The zero-order chi connectivity index (χ0) is 10.8. The second-order valence-electron chi connectivity index (χ2n) is 3.36. The lowest BCUT2D eigenvalue weighted by Gasteiger charge is -2.15. The zero-order valence-corrected chi connectivity index (χ0v) is 9.66. The number of rotatable bonds is 2. The van der Waals surface area contributed by atoms with E-state index in [2.05, 4.69) is 15.9 Å². The summed E-state index contributed by atoms with van der Waals surface area (Å²) < 4.78 is 0.894. The van der Waals surface area contributed by atoms with Crippen LogP contribution in [0.4, 0.5) is 5.69 Å². The average Bonchev–Trinajstić information content (AvgIpc) is 2.57. The molecule has 0 saturated carbocycles. The molecule has 0 aromatic heterocycles. The lowest BCUT2D eigenvalue weighted by molar-refractivity contribution is -0.164. The summed E-state index contributed by atoms with van der Waals surface area (Å²) in [6, 6.07) is 5.50. The first-order chi connectivity index (χ1) is 7.16. The third kappa shape index (κ3) is 2.30. The van der Waals surface area contributed by atoms with Crippen molar-refractivity contribution in [2.24, 2.45) is 0 Å². The van der Waals surface area contributed by atoms with E-state index in [0.29, 0.717) is 25.3 Å². The maximum absolute atomic E-state index is 11.3. The molecule has 1 aliphatic rings. The summed E-state index contributed by atoms with van der Waals surface area (Å²) in [4.78, 5) is 16.5. The predicted molar refractivity (Wildman–Crippen MR) is 59.7 cm³/mol. The molecular weight excluding hydrogens is 260 g/mol. The third-order valence-electron chi connectivity index (χ3n) is 2.23. The van der Waals surface area contributed by atoms with Crippen LogP contribution in [-0.4, -0.2) is 17.6 Å². The summed E-state index contributed by atoms with van der Waals surface area (Å²) in [6.07, 6.45) is 0.465. The number of benzene rings is 1. The van der Waals surface area contributed by atoms with E-state index in [1.54, 1.807) is 6.07 Å². The Morgan fingerprint density at radius 3 is 2.93 bits per heavy atom. The van der Waals surface area contributed by atoms with Crippen LogP contribution in [0.1, 0.15) is 12.0 Å². The van der Waals surface area contributed by atoms with Crippen LogP contribution in [0.5, 0.6) is 0 Å². The lowest BCUT2D eigenvalue weighted by Crippen LogP contribution is -2.22. The highest BCUT2D eigenvalue weighted by Crippen LogP contribution is 2.22. The van der Waals surface area contributed by atoms with Gasteiger partial charge >= 0.3 is 0 Å². The normalized spacial score (nSPS) is 16.1. The van der Waals surface area contributed by atoms with Crippen LogP contribution in [-0.2, 0) is 16.2 Å². The number of nitrogens with two attached hydrogens (primary N) is 1. The van der Waals surface area contributed by atoms with Crippen LogP contribution in [0.3, 0.4) is 0 Å². The second kappa shape index (κ2) is 4.20. The fourth-order valence-electron chi connectivity index (χ4n) is 1.42. The molecule has 2 rings (SSSR count). The molecular formula is C10H11BrN2O2. The van der Waals surface area contributed by atoms with Crippen molar-refractivity contribution in [3.63, 3.8) is 0 Å². The van der Waals surface area contributed by atoms with Gasteiger partial charge in [0, 0.05) is 10.2 Å². The van der Waals surface area contributed by atoms with Gasteiger partial charge in [-0.25, -0.2) is 5.06 Å². The van der Waals surface area contributed by atoms with Crippen LogP contribution < -0.4 is 5.73 Å². The molecule has 0 spiro atoms. The van der Waals surface area contributed by atoms with Gasteiger partial charge in [-0.05, 0) is 17.7 Å². The number of carbonyl (C=O) groups excluding carboxylic acids is 1. The molecule has 1 heterocycles. The summed E-state index contributed by atoms with van der Waals surface area (Å²) in [5.74, 6) is 0.0266. The number of anilines is 1. The molecule has 1 amide bonds. The molecule has 0 aliphatic carbocycles. The number of amides is 1. The van der Waals surface area contributed by atoms with Gasteiger partial charge in [0.25, 0.3) is 0 Å². The van der Waals surface area contributed by atoms with E-state index in [0.717, 1.165) is 10.0 Å². The Hall–Kier alpha value is -1.07. The van der Waals surface area contributed by atoms with E-state index < -0.39 is 0 Å². The minimum Gasteiger partial charge on any atom is -0.399 e. The van der Waals surface area contributed by atoms with Gasteiger partial charge in [0.15, 0.2) is 0 Å². The van der Waals surface area contributed by atoms with E-state index in [1.165, 1.54) is 5.06 Å². The van der Waals surface area contributed by atoms with E-state index >= 15 is 0 Å². The van der Waals surface area contributed by atoms with Crippen molar-refractivity contribution in [2.45, 2.75) is 13.0 Å². The van der Waals surface area contributed by atoms with E-state index in [4.69, 9.17) is 10.6 Å². The van der Waals surface area contributed by atoms with Crippen LogP contribution in [0.2, 0.25) is 0 Å². The minimum atomic E-state index is 0.0266. The SMILES string of the molecule is Nc1ccc(CN2OCCC2=O)c(Br)c1. The highest BCUT2D eigenvalue weighted by Gasteiger charge is 2.22. The number of halogens is 1. The first kappa shape index (κ1) is 10.4. The molecule has 0 atom stereocenters. The summed E-state index contributed by atoms with van der Waals surface area (Å²) in [7, 11) is 0. The standard InChI is InChI=1S/C10H11BrN2O2/c11-9-5-8(12)2-1-7(9)6-13-10(14)3-4-15-13/h1-2,5H,3-4,6,12H2. The summed E-state index contributed by atoms with van der Waals surface area (Å²) in [5.41, 5.74) is 7.30. The minimum absolute atomic E-state index is 0.0266. The van der Waals surface area contributed by atoms with Crippen molar-refractivity contribution in [2.75, 3.05) is 12.3 Å². The highest BCUT2D eigenvalue weighted by atomic mass is 79.9. The molecule has 0 radical (unpaired) electrons. The molecule has 0 bridgehead atoms. The van der Waals surface area contributed by atoms with Gasteiger partial charge in [-0.2, -0.15) is 0 Å². The van der Waals surface area contributed by atoms with Crippen molar-refractivity contribution < 1.29 is 9.63 Å². The van der Waals surface area contributed by atoms with Crippen molar-refractivity contribution in [1.29, 1.82) is 0 Å². The maximum atomic E-state index is 11.3. The quantitative estimate of drug-likeness (QED) is 0.833. The van der Waals surface area contributed by atoms with Gasteiger partial charge in [-0.1, -0.05) is 22.0 Å². The van der Waals surface area contributed by atoms with Crippen molar-refractivity contribution in [1.82, 2.24) is 5.06 Å². The summed E-state index contributed by atoms with van der Waals surface area (Å²) in [6.45, 7) is 0.936. The Morgan fingerprint density at radius 1 is 1.53 bits per heavy atom. The lowest BCUT2D eigenvalue weighted by atomic mass is 10.2. The number of hydroxylamine groups is 2. The van der Waals surface area contributed by atoms with Crippen LogP contribution >= 0.6 is 15.9 Å². The molecule has 1 aliphatic heterocycles. The maximum Gasteiger partial charge on any atom is 0.248 e. The van der Waals surface area contributed by atoms with Crippen LogP contribution in [0.15, 0.2) is 22.7 Å². The molecule has 80 valence electrons. The van der Waals surface area contributed by atoms with E-state index in [9.17, 15) is 4.79 Å². The Kier molecular flexibility index (Phi) is 2.93. The number of nitrogens with zero attached hydrogens (tertiary/aromatic N) is 1. The summed E-state index contributed by atoms with van der Waals surface area (Å²) in [5, 5.41) is 1.39. The molecule has 2 N–H and O–H groups in total. The van der Waals surface area contributed by atoms with Crippen molar-refractivity contribution in [3.8, 4) is 0 Å². The fraction of sp³-hybridized carbons (Fsp3) is 0.300. The van der Waals surface area contributed by atoms with Gasteiger partial charge < -0.3 is 5.73 Å². The predicted octanol–water partition coefficient (Wildman–Crippen LogP) is 1.70. The molecule has 1 aromatic rings. The van der Waals surface area contributed by atoms with Crippen LogP contribution in [0.25, 0.3) is 0 Å². The third-order valence-corrected chi connectivity index (χ3v) is 2.97. The average molecular weight is 271 g/mol. The molecule has 15 heavy (non-hydrogen) atoms. The van der Waals surface area contributed by atoms with Gasteiger partial charge in [0.1, 0.15) is 0 Å². The van der Waals surface area contributed by atoms with Gasteiger partial charge in [-0.15, -0.1) is 0 Å². The largest absolute Gasteiger partial charge is 0.399 e. The van der Waals surface area contributed by atoms with E-state index in [-0.39, 0.29) is 5.91 Å². The van der Waals surface area contributed by atoms with Crippen molar-refractivity contribution in [3.05, 3.63) is 28.2 Å². The van der Waals surface area contributed by atoms with Gasteiger partial charge in [0.2, 0.25) is 5.91 Å². The Morgan fingerprint density at radius 2 is 2.33 bits per heavy atom. The van der Waals surface area contributed by atoms with E-state index in [1.807, 2.05) is 12.1 Å². The van der Waals surface area contributed by atoms with Crippen molar-refractivity contribution >= 4 is 27.5 Å². The van der Waals surface area contributed by atoms with Gasteiger partial charge in [0.05, 0.1) is 19.6 Å². The monoisotopic (exact) mass is 270 g/mol. The number of carbonyl (C=O) groups is 1. The zero-order valence-electron chi connectivity index (χ0n) is 8.07. The Bertz CT molecular complexity index is 395. The molecule has 1 aromatic carbocycles. The summed E-state index contributed by atoms with van der Waals surface area (Å²) >= 11 is 3.40. The highest BCUT2D eigenvalue weighted by molar-refractivity contribution is 9.10. The molecule has 1 saturated heterocycles. The smallest absolute Gasteiger partial charge is 0.248 e. The fourth-order valence-corrected chi connectivity index (χ4v) is 1.94. The Labute approximate surface area is 96.1 Å². The first-order valence-electron chi connectivity index (χ1n) is 4.64. The van der Waals surface area contributed by atoms with Gasteiger partial charge in [-0.3, -0.25) is 9.63 Å². The number of hydrogen-bond donors (Lipinski definition) is 1.